The maximum Gasteiger partial charge on any atom is 0.316 e. The van der Waals surface area contributed by atoms with E-state index in [0.717, 1.165) is 0 Å². The van der Waals surface area contributed by atoms with Crippen LogP contribution in [0.25, 0.3) is 0 Å². The predicted octanol–water partition coefficient (Wildman–Crippen LogP) is -2.10. The maximum absolute atomic E-state index is 0. The Morgan fingerprint density at radius 3 is 1.00 bits per heavy atom. The van der Waals surface area contributed by atoms with Crippen LogP contribution in [0.5, 0.6) is 0 Å². The van der Waals surface area contributed by atoms with Gasteiger partial charge in [-0.15, -0.1) is 0 Å². The van der Waals surface area contributed by atoms with E-state index >= 15 is 0 Å². The van der Waals surface area contributed by atoms with Gasteiger partial charge in [0.25, 0.3) is 0 Å². The zero-order valence-electron chi connectivity index (χ0n) is 1.21. The minimum absolute atomic E-state index is 0. The Morgan fingerprint density at radius 2 is 1.00 bits per heavy atom. The number of rotatable bonds is 0. The largest absolute Gasteiger partial charge is 0.316 e. The zero-order valence-corrected chi connectivity index (χ0v) is 7.31. The van der Waals surface area contributed by atoms with Crippen LogP contribution < -0.4 is 0 Å². The normalized spacial score (nSPS) is 0. The Kier molecular flexibility index (Phi) is 108. The van der Waals surface area contributed by atoms with Gasteiger partial charge < -0.3 is 0 Å². The molecule has 0 unspecified atom stereocenters. The Balaban J connectivity index is 0. The van der Waals surface area contributed by atoms with E-state index in [1.807, 2.05) is 0 Å². The van der Waals surface area contributed by atoms with Gasteiger partial charge >= 0.3 is 23.1 Å². The van der Waals surface area contributed by atoms with Gasteiger partial charge in [-0.25, -0.2) is 0 Å². The molecule has 4 heavy (non-hydrogen) atoms. The molecule has 0 aliphatic heterocycles. The van der Waals surface area contributed by atoms with E-state index in [2.05, 4.69) is 0 Å². The molecular formula is H5AlCeMgZn. The quantitative estimate of drug-likeness (QED) is 0.439. The van der Waals surface area contributed by atoms with E-state index in [9.17, 15) is 0 Å². The third-order valence-corrected chi connectivity index (χ3v) is 0. The molecule has 0 amide bonds. The van der Waals surface area contributed by atoms with Gasteiger partial charge in [-0.2, -0.15) is 0 Å². The Hall–Kier alpha value is 3.30. The Labute approximate surface area is 99.3 Å². The van der Waals surface area contributed by atoms with E-state index in [4.69, 9.17) is 0 Å². The van der Waals surface area contributed by atoms with Crippen LogP contribution in [0.3, 0.4) is 0 Å². The fourth-order valence-electron chi connectivity index (χ4n) is 0. The van der Waals surface area contributed by atoms with Gasteiger partial charge in [0, 0.05) is 61.2 Å². The predicted molar refractivity (Wildman–Crippen MR) is 18.5 cm³/mol. The van der Waals surface area contributed by atoms with Crippen molar-refractivity contribution >= 4 is 40.4 Å². The third kappa shape index (κ3) is 9.00. The molecule has 0 atom stereocenters. The van der Waals surface area contributed by atoms with Crippen molar-refractivity contribution in [3.63, 3.8) is 0 Å². The topological polar surface area (TPSA) is 0 Å². The van der Waals surface area contributed by atoms with Crippen LogP contribution in [0.4, 0.5) is 0 Å². The second kappa shape index (κ2) is 16.3. The molecule has 0 rings (SSSR count). The summed E-state index contributed by atoms with van der Waals surface area (Å²) in [4.78, 5) is 0. The van der Waals surface area contributed by atoms with Crippen molar-refractivity contribution in [2.24, 2.45) is 0 Å². The van der Waals surface area contributed by atoms with Gasteiger partial charge in [0.15, 0.2) is 17.4 Å². The van der Waals surface area contributed by atoms with Crippen molar-refractivity contribution in [1.29, 1.82) is 0 Å². The molecule has 0 aliphatic carbocycles. The second-order valence-corrected chi connectivity index (χ2v) is 0. The van der Waals surface area contributed by atoms with Crippen LogP contribution in [0.15, 0.2) is 0 Å². The monoisotopic (exact) mass is 260 g/mol. The van der Waals surface area contributed by atoms with E-state index in [0.29, 0.717) is 0 Å². The second-order valence-electron chi connectivity index (χ2n) is 0. The van der Waals surface area contributed by atoms with E-state index in [-0.39, 0.29) is 102 Å². The van der Waals surface area contributed by atoms with Gasteiger partial charge in [-0.1, -0.05) is 0 Å². The summed E-state index contributed by atoms with van der Waals surface area (Å²) in [6.07, 6.45) is 0. The van der Waals surface area contributed by atoms with E-state index < -0.39 is 0 Å². The summed E-state index contributed by atoms with van der Waals surface area (Å²) in [6.45, 7) is 0. The fourth-order valence-corrected chi connectivity index (χ4v) is 0. The first-order valence-electron chi connectivity index (χ1n) is 0. The molecule has 0 aromatic carbocycles. The maximum atomic E-state index is 0. The summed E-state index contributed by atoms with van der Waals surface area (Å²) < 4.78 is 0. The molecule has 0 aromatic rings. The van der Waals surface area contributed by atoms with Crippen LogP contribution in [-0.2, 0) is 19.5 Å². The summed E-state index contributed by atoms with van der Waals surface area (Å²) >= 11 is 0. The van der Waals surface area contributed by atoms with Crippen molar-refractivity contribution in [2.75, 3.05) is 0 Å². The molecule has 0 aromatic heterocycles. The van der Waals surface area contributed by atoms with Crippen molar-refractivity contribution < 1.29 is 61.2 Å². The van der Waals surface area contributed by atoms with Gasteiger partial charge in [0.05, 0.1) is 0 Å². The summed E-state index contributed by atoms with van der Waals surface area (Å²) in [5.41, 5.74) is 0. The van der Waals surface area contributed by atoms with Crippen LogP contribution in [0, 0.1) is 41.7 Å². The molecule has 0 aliphatic rings. The van der Waals surface area contributed by atoms with Gasteiger partial charge in [0.1, 0.15) is 0 Å². The van der Waals surface area contributed by atoms with Crippen LogP contribution in [0.2, 0.25) is 0 Å². The molecule has 0 heterocycles. The molecule has 0 bridgehead atoms. The third-order valence-electron chi connectivity index (χ3n) is 0. The van der Waals surface area contributed by atoms with Crippen molar-refractivity contribution in [1.82, 2.24) is 0 Å². The first-order valence-corrected chi connectivity index (χ1v) is 0. The molecule has 4 heteroatoms. The summed E-state index contributed by atoms with van der Waals surface area (Å²) in [5, 5.41) is 0. The van der Waals surface area contributed by atoms with E-state index in [1.165, 1.54) is 0 Å². The standard InChI is InChI=1S/Al.Ce.Mg.Zn.5H. The minimum Gasteiger partial charge on any atom is 0 e. The molecule has 0 radical (unpaired) electrons. The Bertz CT molecular complexity index is 8.00. The molecule has 0 saturated carbocycles. The molecule has 0 spiro atoms. The Morgan fingerprint density at radius 1 is 1.00 bits per heavy atom. The average molecular weight is 262 g/mol. The molecule has 0 fully saturated rings. The smallest absolute Gasteiger partial charge is 0 e. The van der Waals surface area contributed by atoms with Crippen molar-refractivity contribution in [2.45, 2.75) is 0 Å². The SMILES string of the molecule is [AlH3].[Ce].[MgH2].[Zn]. The fraction of sp³-hybridized carbons (Fsp3) is 0. The molecule has 16 valence electrons. The van der Waals surface area contributed by atoms with Gasteiger partial charge in [-0.05, 0) is 0 Å². The van der Waals surface area contributed by atoms with Crippen LogP contribution >= 0.6 is 0 Å². The first-order chi connectivity index (χ1) is 0. The minimum atomic E-state index is 0. The van der Waals surface area contributed by atoms with E-state index in [1.54, 1.807) is 0 Å². The number of hydrogen-bond acceptors (Lipinski definition) is 0. The molecule has 0 nitrogen and oxygen atoms in total. The van der Waals surface area contributed by atoms with Crippen molar-refractivity contribution in [3.8, 4) is 0 Å². The molecular weight excluding hydrogens is 257 g/mol. The van der Waals surface area contributed by atoms with Crippen molar-refractivity contribution in [3.05, 3.63) is 0 Å². The van der Waals surface area contributed by atoms with Crippen LogP contribution in [0.1, 0.15) is 0 Å². The summed E-state index contributed by atoms with van der Waals surface area (Å²) in [5.74, 6) is 0. The van der Waals surface area contributed by atoms with Crippen LogP contribution in [-0.4, -0.2) is 40.4 Å². The zero-order chi connectivity index (χ0) is 0. The average Bonchev–Trinajstić information content (AvgIpc) is 0. The number of hydrogen-bond donors (Lipinski definition) is 0. The first kappa shape index (κ1) is 26.6. The molecule has 0 saturated heterocycles. The summed E-state index contributed by atoms with van der Waals surface area (Å²) in [7, 11) is 0. The van der Waals surface area contributed by atoms with Gasteiger partial charge in [-0.3, -0.25) is 0 Å². The molecule has 0 N–H and O–H groups in total. The van der Waals surface area contributed by atoms with Gasteiger partial charge in [0.2, 0.25) is 0 Å². The summed E-state index contributed by atoms with van der Waals surface area (Å²) in [6, 6.07) is 0.